The molecular weight excluding hydrogens is 312 g/mol. The summed E-state index contributed by atoms with van der Waals surface area (Å²) >= 11 is 0. The van der Waals surface area contributed by atoms with Crippen molar-refractivity contribution in [2.45, 2.75) is 6.61 Å². The molecule has 0 unspecified atom stereocenters. The molecule has 0 bridgehead atoms. The predicted octanol–water partition coefficient (Wildman–Crippen LogP) is 1.60. The van der Waals surface area contributed by atoms with Crippen LogP contribution in [0.3, 0.4) is 0 Å². The lowest BCUT2D eigenvalue weighted by Gasteiger charge is -2.08. The molecule has 2 N–H and O–H groups in total. The minimum absolute atomic E-state index is 0.130. The Morgan fingerprint density at radius 2 is 1.83 bits per heavy atom. The van der Waals surface area contributed by atoms with E-state index in [0.717, 1.165) is 5.56 Å². The van der Waals surface area contributed by atoms with Crippen molar-refractivity contribution in [2.24, 2.45) is 0 Å². The van der Waals surface area contributed by atoms with Crippen molar-refractivity contribution in [3.8, 4) is 0 Å². The van der Waals surface area contributed by atoms with Crippen LogP contribution in [-0.2, 0) is 16.1 Å². The molecule has 24 heavy (non-hydrogen) atoms. The lowest BCUT2D eigenvalue weighted by atomic mass is 10.2. The number of alkyl carbamates (subject to hydrolysis) is 1. The van der Waals surface area contributed by atoms with Crippen LogP contribution in [0.25, 0.3) is 0 Å². The number of hydrogen-bond acceptors (Lipinski definition) is 7. The van der Waals surface area contributed by atoms with Crippen LogP contribution in [0, 0.1) is 0 Å². The molecule has 2 rings (SSSR count). The average Bonchev–Trinajstić information content (AvgIpc) is 2.64. The van der Waals surface area contributed by atoms with E-state index in [9.17, 15) is 9.59 Å². The van der Waals surface area contributed by atoms with Gasteiger partial charge in [0.05, 0.1) is 7.11 Å². The lowest BCUT2D eigenvalue weighted by Crippen LogP contribution is -2.29. The molecule has 0 aliphatic heterocycles. The maximum Gasteiger partial charge on any atom is 0.407 e. The predicted molar refractivity (Wildman–Crippen MR) is 86.5 cm³/mol. The van der Waals surface area contributed by atoms with Crippen molar-refractivity contribution in [3.63, 3.8) is 0 Å². The number of anilines is 1. The van der Waals surface area contributed by atoms with Gasteiger partial charge in [-0.1, -0.05) is 30.3 Å². The second kappa shape index (κ2) is 9.09. The standard InChI is InChI=1S/C16H18N4O4/c1-23-15(21)13-7-8-14(20-19-13)17-9-10-18-16(22)24-11-12-5-3-2-4-6-12/h2-8H,9-11H2,1H3,(H,17,20)(H,18,22). The fraction of sp³-hybridized carbons (Fsp3) is 0.250. The van der Waals surface area contributed by atoms with Gasteiger partial charge < -0.3 is 20.1 Å². The number of aromatic nitrogens is 2. The van der Waals surface area contributed by atoms with E-state index in [1.165, 1.54) is 13.2 Å². The quantitative estimate of drug-likeness (QED) is 0.587. The van der Waals surface area contributed by atoms with Gasteiger partial charge in [0.15, 0.2) is 5.69 Å². The summed E-state index contributed by atoms with van der Waals surface area (Å²) in [6.07, 6.45) is -0.493. The molecule has 0 radical (unpaired) electrons. The van der Waals surface area contributed by atoms with Gasteiger partial charge >= 0.3 is 12.1 Å². The van der Waals surface area contributed by atoms with Crippen LogP contribution in [-0.4, -0.2) is 42.5 Å². The molecule has 1 heterocycles. The number of benzene rings is 1. The van der Waals surface area contributed by atoms with Crippen LogP contribution >= 0.6 is 0 Å². The summed E-state index contributed by atoms with van der Waals surface area (Å²) in [4.78, 5) is 22.8. The van der Waals surface area contributed by atoms with Crippen molar-refractivity contribution in [2.75, 3.05) is 25.5 Å². The molecule has 0 atom stereocenters. The molecule has 8 heteroatoms. The van der Waals surface area contributed by atoms with Crippen LogP contribution in [0.15, 0.2) is 42.5 Å². The maximum absolute atomic E-state index is 11.5. The topological polar surface area (TPSA) is 102 Å². The second-order valence-corrected chi connectivity index (χ2v) is 4.71. The second-order valence-electron chi connectivity index (χ2n) is 4.71. The minimum Gasteiger partial charge on any atom is -0.464 e. The summed E-state index contributed by atoms with van der Waals surface area (Å²) < 4.78 is 9.61. The Hall–Kier alpha value is -3.16. The van der Waals surface area contributed by atoms with E-state index in [4.69, 9.17) is 4.74 Å². The Bertz CT molecular complexity index is 662. The molecule has 0 spiro atoms. The number of amides is 1. The van der Waals surface area contributed by atoms with E-state index in [1.54, 1.807) is 6.07 Å². The zero-order chi connectivity index (χ0) is 17.2. The van der Waals surface area contributed by atoms with E-state index >= 15 is 0 Å². The number of hydrogen-bond donors (Lipinski definition) is 2. The Balaban J connectivity index is 1.63. The Kier molecular flexibility index (Phi) is 6.51. The molecular formula is C16H18N4O4. The Morgan fingerprint density at radius 1 is 1.04 bits per heavy atom. The summed E-state index contributed by atoms with van der Waals surface area (Å²) in [6, 6.07) is 12.5. The Labute approximate surface area is 139 Å². The van der Waals surface area contributed by atoms with E-state index in [1.807, 2.05) is 30.3 Å². The van der Waals surface area contributed by atoms with E-state index in [2.05, 4.69) is 25.6 Å². The summed E-state index contributed by atoms with van der Waals surface area (Å²) in [5.74, 6) is -0.0565. The zero-order valence-corrected chi connectivity index (χ0v) is 13.2. The number of methoxy groups -OCH3 is 1. The first-order valence-corrected chi connectivity index (χ1v) is 7.29. The van der Waals surface area contributed by atoms with Gasteiger partial charge in [-0.3, -0.25) is 0 Å². The molecule has 0 aliphatic carbocycles. The normalized spacial score (nSPS) is 9.88. The van der Waals surface area contributed by atoms with Crippen LogP contribution in [0.4, 0.5) is 10.6 Å². The highest BCUT2D eigenvalue weighted by molar-refractivity contribution is 5.86. The molecule has 0 saturated heterocycles. The van der Waals surface area contributed by atoms with Crippen LogP contribution < -0.4 is 10.6 Å². The summed E-state index contributed by atoms with van der Waals surface area (Å²) in [7, 11) is 1.28. The fourth-order valence-corrected chi connectivity index (χ4v) is 1.77. The zero-order valence-electron chi connectivity index (χ0n) is 13.2. The number of esters is 1. The number of ether oxygens (including phenoxy) is 2. The monoisotopic (exact) mass is 330 g/mol. The number of carbonyl (C=O) groups is 2. The number of rotatable bonds is 7. The number of nitrogens with one attached hydrogen (secondary N) is 2. The first kappa shape index (κ1) is 17.2. The van der Waals surface area contributed by atoms with Crippen LogP contribution in [0.2, 0.25) is 0 Å². The van der Waals surface area contributed by atoms with Gasteiger partial charge in [-0.25, -0.2) is 9.59 Å². The number of nitrogens with zero attached hydrogens (tertiary/aromatic N) is 2. The molecule has 0 fully saturated rings. The van der Waals surface area contributed by atoms with Gasteiger partial charge in [0.25, 0.3) is 0 Å². The van der Waals surface area contributed by atoms with Crippen molar-refractivity contribution < 1.29 is 19.1 Å². The third-order valence-corrected chi connectivity index (χ3v) is 2.97. The summed E-state index contributed by atoms with van der Waals surface area (Å²) in [5.41, 5.74) is 1.05. The third-order valence-electron chi connectivity index (χ3n) is 2.97. The van der Waals surface area contributed by atoms with Gasteiger partial charge in [-0.05, 0) is 17.7 Å². The SMILES string of the molecule is COC(=O)c1ccc(NCCNC(=O)OCc2ccccc2)nn1. The highest BCUT2D eigenvalue weighted by Gasteiger charge is 2.07. The molecule has 0 saturated carbocycles. The minimum atomic E-state index is -0.545. The van der Waals surface area contributed by atoms with Gasteiger partial charge in [-0.15, -0.1) is 10.2 Å². The lowest BCUT2D eigenvalue weighted by molar-refractivity contribution is 0.0592. The van der Waals surface area contributed by atoms with Crippen molar-refractivity contribution in [1.29, 1.82) is 0 Å². The van der Waals surface area contributed by atoms with Crippen molar-refractivity contribution in [1.82, 2.24) is 15.5 Å². The summed E-state index contributed by atoms with van der Waals surface area (Å²) in [6.45, 7) is 1.02. The largest absolute Gasteiger partial charge is 0.464 e. The first-order valence-electron chi connectivity index (χ1n) is 7.29. The van der Waals surface area contributed by atoms with E-state index in [-0.39, 0.29) is 12.3 Å². The smallest absolute Gasteiger partial charge is 0.407 e. The molecule has 126 valence electrons. The van der Waals surface area contributed by atoms with Crippen LogP contribution in [0.5, 0.6) is 0 Å². The van der Waals surface area contributed by atoms with E-state index in [0.29, 0.717) is 18.9 Å². The summed E-state index contributed by atoms with van der Waals surface area (Å²) in [5, 5.41) is 13.1. The third kappa shape index (κ3) is 5.56. The Morgan fingerprint density at radius 3 is 2.50 bits per heavy atom. The fourth-order valence-electron chi connectivity index (χ4n) is 1.77. The van der Waals surface area contributed by atoms with Gasteiger partial charge in [-0.2, -0.15) is 0 Å². The van der Waals surface area contributed by atoms with Gasteiger partial charge in [0.1, 0.15) is 12.4 Å². The maximum atomic E-state index is 11.5. The number of carbonyl (C=O) groups excluding carboxylic acids is 2. The molecule has 1 aromatic heterocycles. The van der Waals surface area contributed by atoms with Gasteiger partial charge in [0, 0.05) is 13.1 Å². The highest BCUT2D eigenvalue weighted by Crippen LogP contribution is 2.02. The highest BCUT2D eigenvalue weighted by atomic mass is 16.5. The first-order chi connectivity index (χ1) is 11.7. The molecule has 8 nitrogen and oxygen atoms in total. The molecule has 1 amide bonds. The van der Waals surface area contributed by atoms with Crippen molar-refractivity contribution in [3.05, 3.63) is 53.7 Å². The molecule has 0 aliphatic rings. The van der Waals surface area contributed by atoms with Crippen molar-refractivity contribution >= 4 is 17.9 Å². The van der Waals surface area contributed by atoms with Gasteiger partial charge in [0.2, 0.25) is 0 Å². The molecule has 2 aromatic rings. The molecule has 1 aromatic carbocycles. The average molecular weight is 330 g/mol. The van der Waals surface area contributed by atoms with Crippen LogP contribution in [0.1, 0.15) is 16.1 Å². The van der Waals surface area contributed by atoms with E-state index < -0.39 is 12.1 Å².